The fourth-order valence-electron chi connectivity index (χ4n) is 1.99. The lowest BCUT2D eigenvalue weighted by Gasteiger charge is -2.07. The van der Waals surface area contributed by atoms with Crippen LogP contribution < -0.4 is 0 Å². The number of aromatic carboxylic acids is 1. The summed E-state index contributed by atoms with van der Waals surface area (Å²) in [5, 5.41) is 11.2. The molecule has 0 heterocycles. The second-order valence-electron chi connectivity index (χ2n) is 3.91. The van der Waals surface area contributed by atoms with Gasteiger partial charge in [0.05, 0.1) is 5.56 Å². The van der Waals surface area contributed by atoms with Gasteiger partial charge in [0.25, 0.3) is 0 Å². The van der Waals surface area contributed by atoms with E-state index in [4.69, 9.17) is 5.11 Å². The van der Waals surface area contributed by atoms with Gasteiger partial charge in [-0.1, -0.05) is 37.6 Å². The van der Waals surface area contributed by atoms with E-state index in [2.05, 4.69) is 6.92 Å². The van der Waals surface area contributed by atoms with Crippen LogP contribution in [0.15, 0.2) is 36.4 Å². The molecule has 0 radical (unpaired) electrons. The molecule has 0 spiro atoms. The van der Waals surface area contributed by atoms with Crippen LogP contribution in [-0.2, 0) is 6.42 Å². The van der Waals surface area contributed by atoms with E-state index in [1.165, 1.54) is 0 Å². The first-order chi connectivity index (χ1) is 7.72. The minimum absolute atomic E-state index is 0.377. The first-order valence-electron chi connectivity index (χ1n) is 5.47. The number of fused-ring (bicyclic) bond motifs is 1. The molecule has 0 aliphatic rings. The van der Waals surface area contributed by atoms with Gasteiger partial charge in [-0.3, -0.25) is 0 Å². The maximum absolute atomic E-state index is 11.0. The Morgan fingerprint density at radius 3 is 2.69 bits per heavy atom. The molecule has 1 N–H and O–H groups in total. The SMILES string of the molecule is CCCc1cc(C(=O)O)cc2ccccc12. The van der Waals surface area contributed by atoms with Gasteiger partial charge in [-0.05, 0) is 34.9 Å². The minimum Gasteiger partial charge on any atom is -0.478 e. The smallest absolute Gasteiger partial charge is 0.335 e. The molecule has 2 aromatic rings. The molecule has 2 heteroatoms. The van der Waals surface area contributed by atoms with E-state index < -0.39 is 5.97 Å². The van der Waals surface area contributed by atoms with Gasteiger partial charge in [-0.15, -0.1) is 0 Å². The van der Waals surface area contributed by atoms with Gasteiger partial charge < -0.3 is 5.11 Å². The molecule has 2 nitrogen and oxygen atoms in total. The molecule has 0 unspecified atom stereocenters. The van der Waals surface area contributed by atoms with Crippen molar-refractivity contribution in [2.75, 3.05) is 0 Å². The highest BCUT2D eigenvalue weighted by atomic mass is 16.4. The summed E-state index contributed by atoms with van der Waals surface area (Å²) >= 11 is 0. The molecule has 0 amide bonds. The molecule has 16 heavy (non-hydrogen) atoms. The molecule has 2 aromatic carbocycles. The lowest BCUT2D eigenvalue weighted by Crippen LogP contribution is -1.98. The van der Waals surface area contributed by atoms with Gasteiger partial charge in [0.15, 0.2) is 0 Å². The highest BCUT2D eigenvalue weighted by Gasteiger charge is 2.07. The molecule has 0 aliphatic carbocycles. The Bertz CT molecular complexity index is 529. The molecule has 82 valence electrons. The van der Waals surface area contributed by atoms with Crippen LogP contribution in [0.3, 0.4) is 0 Å². The predicted molar refractivity (Wildman–Crippen MR) is 64.9 cm³/mol. The average molecular weight is 214 g/mol. The van der Waals surface area contributed by atoms with Crippen molar-refractivity contribution < 1.29 is 9.90 Å². The number of hydrogen-bond acceptors (Lipinski definition) is 1. The minimum atomic E-state index is -0.858. The monoisotopic (exact) mass is 214 g/mol. The summed E-state index contributed by atoms with van der Waals surface area (Å²) in [6.07, 6.45) is 1.94. The Morgan fingerprint density at radius 1 is 1.25 bits per heavy atom. The van der Waals surface area contributed by atoms with Crippen molar-refractivity contribution >= 4 is 16.7 Å². The molecule has 0 fully saturated rings. The van der Waals surface area contributed by atoms with Crippen molar-refractivity contribution in [2.45, 2.75) is 19.8 Å². The summed E-state index contributed by atoms with van der Waals surface area (Å²) in [4.78, 5) is 11.0. The van der Waals surface area contributed by atoms with Gasteiger partial charge in [0, 0.05) is 0 Å². The third kappa shape index (κ3) is 1.91. The molecule has 0 aromatic heterocycles. The maximum atomic E-state index is 11.0. The first-order valence-corrected chi connectivity index (χ1v) is 5.47. The largest absolute Gasteiger partial charge is 0.478 e. The Labute approximate surface area is 94.5 Å². The number of rotatable bonds is 3. The lowest BCUT2D eigenvalue weighted by atomic mass is 9.98. The van der Waals surface area contributed by atoms with Crippen molar-refractivity contribution in [3.05, 3.63) is 47.5 Å². The standard InChI is InChI=1S/C14H14O2/c1-2-5-10-8-12(14(15)16)9-11-6-3-4-7-13(10)11/h3-4,6-9H,2,5H2,1H3,(H,15,16). The second kappa shape index (κ2) is 4.35. The Balaban J connectivity index is 2.68. The summed E-state index contributed by atoms with van der Waals surface area (Å²) in [7, 11) is 0. The highest BCUT2D eigenvalue weighted by molar-refractivity contribution is 5.96. The molecule has 0 saturated carbocycles. The zero-order valence-corrected chi connectivity index (χ0v) is 9.23. The van der Waals surface area contributed by atoms with E-state index in [0.29, 0.717) is 5.56 Å². The molecular formula is C14H14O2. The molecular weight excluding hydrogens is 200 g/mol. The normalized spacial score (nSPS) is 10.6. The van der Waals surface area contributed by atoms with Gasteiger partial charge in [-0.25, -0.2) is 4.79 Å². The van der Waals surface area contributed by atoms with Crippen LogP contribution in [0.5, 0.6) is 0 Å². The summed E-state index contributed by atoms with van der Waals surface area (Å²) in [5.74, 6) is -0.858. The van der Waals surface area contributed by atoms with Crippen LogP contribution in [0, 0.1) is 0 Å². The molecule has 0 atom stereocenters. The van der Waals surface area contributed by atoms with E-state index >= 15 is 0 Å². The first kappa shape index (κ1) is 10.7. The van der Waals surface area contributed by atoms with E-state index in [-0.39, 0.29) is 0 Å². The predicted octanol–water partition coefficient (Wildman–Crippen LogP) is 3.49. The highest BCUT2D eigenvalue weighted by Crippen LogP contribution is 2.22. The van der Waals surface area contributed by atoms with Crippen molar-refractivity contribution in [1.29, 1.82) is 0 Å². The zero-order valence-electron chi connectivity index (χ0n) is 9.23. The number of carboxylic acid groups (broad SMARTS) is 1. The van der Waals surface area contributed by atoms with E-state index in [1.54, 1.807) is 12.1 Å². The number of carboxylic acids is 1. The maximum Gasteiger partial charge on any atom is 0.335 e. The Hall–Kier alpha value is -1.83. The topological polar surface area (TPSA) is 37.3 Å². The van der Waals surface area contributed by atoms with Crippen molar-refractivity contribution in [2.24, 2.45) is 0 Å². The summed E-state index contributed by atoms with van der Waals surface area (Å²) in [5.41, 5.74) is 1.50. The number of aryl methyl sites for hydroxylation is 1. The van der Waals surface area contributed by atoms with Gasteiger partial charge in [0.2, 0.25) is 0 Å². The van der Waals surface area contributed by atoms with Gasteiger partial charge in [-0.2, -0.15) is 0 Å². The van der Waals surface area contributed by atoms with Crippen molar-refractivity contribution in [1.82, 2.24) is 0 Å². The summed E-state index contributed by atoms with van der Waals surface area (Å²) in [6.45, 7) is 2.10. The van der Waals surface area contributed by atoms with Crippen molar-refractivity contribution in [3.8, 4) is 0 Å². The van der Waals surface area contributed by atoms with Gasteiger partial charge in [0.1, 0.15) is 0 Å². The van der Waals surface area contributed by atoms with Crippen LogP contribution in [0.4, 0.5) is 0 Å². The lowest BCUT2D eigenvalue weighted by molar-refractivity contribution is 0.0697. The number of benzene rings is 2. The zero-order chi connectivity index (χ0) is 11.5. The quantitative estimate of drug-likeness (QED) is 0.849. The molecule has 0 aliphatic heterocycles. The van der Waals surface area contributed by atoms with Crippen molar-refractivity contribution in [3.63, 3.8) is 0 Å². The van der Waals surface area contributed by atoms with E-state index in [9.17, 15) is 4.79 Å². The number of hydrogen-bond donors (Lipinski definition) is 1. The molecule has 0 bridgehead atoms. The van der Waals surface area contributed by atoms with Crippen LogP contribution >= 0.6 is 0 Å². The second-order valence-corrected chi connectivity index (χ2v) is 3.91. The van der Waals surface area contributed by atoms with Crippen LogP contribution in [0.25, 0.3) is 10.8 Å². The number of carbonyl (C=O) groups is 1. The van der Waals surface area contributed by atoms with E-state index in [1.807, 2.05) is 24.3 Å². The molecule has 0 saturated heterocycles. The third-order valence-electron chi connectivity index (χ3n) is 2.71. The van der Waals surface area contributed by atoms with Crippen LogP contribution in [0.2, 0.25) is 0 Å². The van der Waals surface area contributed by atoms with Crippen LogP contribution in [0.1, 0.15) is 29.3 Å². The summed E-state index contributed by atoms with van der Waals surface area (Å²) < 4.78 is 0. The van der Waals surface area contributed by atoms with E-state index in [0.717, 1.165) is 29.2 Å². The Morgan fingerprint density at radius 2 is 2.00 bits per heavy atom. The molecule has 2 rings (SSSR count). The fraction of sp³-hybridized carbons (Fsp3) is 0.214. The third-order valence-corrected chi connectivity index (χ3v) is 2.71. The van der Waals surface area contributed by atoms with Crippen LogP contribution in [-0.4, -0.2) is 11.1 Å². The fourth-order valence-corrected chi connectivity index (χ4v) is 1.99. The average Bonchev–Trinajstić information content (AvgIpc) is 2.29. The Kier molecular flexibility index (Phi) is 2.91. The van der Waals surface area contributed by atoms with Gasteiger partial charge >= 0.3 is 5.97 Å². The summed E-state index contributed by atoms with van der Waals surface area (Å²) in [6, 6.07) is 11.4.